The second-order valence-corrected chi connectivity index (χ2v) is 4.89. The van der Waals surface area contributed by atoms with Crippen molar-refractivity contribution >= 4 is 11.8 Å². The van der Waals surface area contributed by atoms with Gasteiger partial charge in [-0.15, -0.1) is 0 Å². The number of hydrogen-bond acceptors (Lipinski definition) is 5. The molecule has 1 saturated heterocycles. The van der Waals surface area contributed by atoms with Gasteiger partial charge in [-0.25, -0.2) is 0 Å². The van der Waals surface area contributed by atoms with Crippen LogP contribution in [0.1, 0.15) is 32.6 Å². The minimum absolute atomic E-state index is 0.164. The molecule has 20 heavy (non-hydrogen) atoms. The van der Waals surface area contributed by atoms with Crippen LogP contribution in [0, 0.1) is 0 Å². The molecule has 0 N–H and O–H groups in total. The maximum atomic E-state index is 11.5. The average Bonchev–Trinajstić information content (AvgIpc) is 2.48. The lowest BCUT2D eigenvalue weighted by molar-refractivity contribution is -0.141. The van der Waals surface area contributed by atoms with E-state index in [1.54, 1.807) is 0 Å². The number of esters is 1. The van der Waals surface area contributed by atoms with Crippen molar-refractivity contribution in [1.82, 2.24) is 4.98 Å². The molecule has 1 aliphatic heterocycles. The first-order valence-electron chi connectivity index (χ1n) is 7.18. The molecule has 0 saturated carbocycles. The first kappa shape index (κ1) is 14.6. The summed E-state index contributed by atoms with van der Waals surface area (Å²) in [5.74, 6) is 1.35. The Balaban J connectivity index is 2.14. The highest BCUT2D eigenvalue weighted by Gasteiger charge is 2.26. The smallest absolute Gasteiger partial charge is 0.307 e. The molecule has 0 spiro atoms. The molecule has 0 radical (unpaired) electrons. The quantitative estimate of drug-likeness (QED) is 0.774. The van der Waals surface area contributed by atoms with Gasteiger partial charge in [0, 0.05) is 18.7 Å². The standard InChI is InChI=1S/C15H22N2O3/c1-3-20-14-9-6-8-13(16-14)17-10-5-4-7-12(17)11-15(18)19-2/h6,8-9,12H,3-5,7,10-11H2,1-2H3. The van der Waals surface area contributed by atoms with Gasteiger partial charge in [-0.3, -0.25) is 4.79 Å². The molecule has 5 heteroatoms. The van der Waals surface area contributed by atoms with E-state index in [-0.39, 0.29) is 12.0 Å². The van der Waals surface area contributed by atoms with E-state index in [1.165, 1.54) is 7.11 Å². The fourth-order valence-electron chi connectivity index (χ4n) is 2.58. The molecule has 1 atom stereocenters. The summed E-state index contributed by atoms with van der Waals surface area (Å²) in [7, 11) is 1.43. The van der Waals surface area contributed by atoms with Crippen LogP contribution in [0.3, 0.4) is 0 Å². The number of aromatic nitrogens is 1. The van der Waals surface area contributed by atoms with E-state index in [1.807, 2.05) is 25.1 Å². The number of carbonyl (C=O) groups excluding carboxylic acids is 1. The highest BCUT2D eigenvalue weighted by atomic mass is 16.5. The Hall–Kier alpha value is -1.78. The van der Waals surface area contributed by atoms with Gasteiger partial charge in [0.25, 0.3) is 0 Å². The molecule has 1 aliphatic rings. The van der Waals surface area contributed by atoms with Gasteiger partial charge in [-0.1, -0.05) is 6.07 Å². The molecule has 1 aromatic heterocycles. The topological polar surface area (TPSA) is 51.7 Å². The van der Waals surface area contributed by atoms with Gasteiger partial charge in [0.2, 0.25) is 5.88 Å². The van der Waals surface area contributed by atoms with Crippen molar-refractivity contribution < 1.29 is 14.3 Å². The highest BCUT2D eigenvalue weighted by Crippen LogP contribution is 2.26. The van der Waals surface area contributed by atoms with E-state index in [4.69, 9.17) is 9.47 Å². The van der Waals surface area contributed by atoms with Gasteiger partial charge in [0.15, 0.2) is 0 Å². The molecule has 2 heterocycles. The van der Waals surface area contributed by atoms with Crippen molar-refractivity contribution in [3.8, 4) is 5.88 Å². The minimum atomic E-state index is -0.164. The molecular formula is C15H22N2O3. The fourth-order valence-corrected chi connectivity index (χ4v) is 2.58. The summed E-state index contributed by atoms with van der Waals surface area (Å²) in [6, 6.07) is 5.93. The maximum absolute atomic E-state index is 11.5. The Labute approximate surface area is 119 Å². The second kappa shape index (κ2) is 7.12. The number of methoxy groups -OCH3 is 1. The van der Waals surface area contributed by atoms with Gasteiger partial charge in [-0.05, 0) is 32.3 Å². The molecule has 110 valence electrons. The normalized spacial score (nSPS) is 18.7. The van der Waals surface area contributed by atoms with Crippen LogP contribution in [0.5, 0.6) is 5.88 Å². The molecule has 1 fully saturated rings. The van der Waals surface area contributed by atoms with Crippen LogP contribution in [0.4, 0.5) is 5.82 Å². The van der Waals surface area contributed by atoms with E-state index in [2.05, 4.69) is 9.88 Å². The third kappa shape index (κ3) is 3.62. The average molecular weight is 278 g/mol. The van der Waals surface area contributed by atoms with Crippen molar-refractivity contribution in [1.29, 1.82) is 0 Å². The van der Waals surface area contributed by atoms with Crippen LogP contribution in [-0.2, 0) is 9.53 Å². The Bertz CT molecular complexity index is 450. The Morgan fingerprint density at radius 3 is 3.05 bits per heavy atom. The number of rotatable bonds is 5. The molecule has 5 nitrogen and oxygen atoms in total. The Morgan fingerprint density at radius 1 is 1.45 bits per heavy atom. The van der Waals surface area contributed by atoms with E-state index in [9.17, 15) is 4.79 Å². The zero-order valence-corrected chi connectivity index (χ0v) is 12.2. The fraction of sp³-hybridized carbons (Fsp3) is 0.600. The van der Waals surface area contributed by atoms with Crippen molar-refractivity contribution in [3.63, 3.8) is 0 Å². The summed E-state index contributed by atoms with van der Waals surface area (Å²) in [4.78, 5) is 18.3. The molecule has 0 bridgehead atoms. The van der Waals surface area contributed by atoms with Gasteiger partial charge in [0.05, 0.1) is 20.1 Å². The summed E-state index contributed by atoms with van der Waals surface area (Å²) >= 11 is 0. The summed E-state index contributed by atoms with van der Waals surface area (Å²) < 4.78 is 10.2. The van der Waals surface area contributed by atoms with Gasteiger partial charge < -0.3 is 14.4 Å². The minimum Gasteiger partial charge on any atom is -0.478 e. The van der Waals surface area contributed by atoms with Gasteiger partial charge in [0.1, 0.15) is 5.82 Å². The number of ether oxygens (including phenoxy) is 2. The third-order valence-electron chi connectivity index (χ3n) is 3.55. The Kier molecular flexibility index (Phi) is 5.21. The first-order chi connectivity index (χ1) is 9.74. The van der Waals surface area contributed by atoms with E-state index in [0.717, 1.165) is 31.6 Å². The van der Waals surface area contributed by atoms with Crippen LogP contribution in [-0.4, -0.2) is 37.3 Å². The zero-order chi connectivity index (χ0) is 14.4. The zero-order valence-electron chi connectivity index (χ0n) is 12.2. The van der Waals surface area contributed by atoms with E-state index < -0.39 is 0 Å². The molecule has 0 aromatic carbocycles. The number of anilines is 1. The van der Waals surface area contributed by atoms with Crippen LogP contribution in [0.2, 0.25) is 0 Å². The van der Waals surface area contributed by atoms with Crippen molar-refractivity contribution in [2.24, 2.45) is 0 Å². The van der Waals surface area contributed by atoms with Crippen molar-refractivity contribution in [3.05, 3.63) is 18.2 Å². The van der Waals surface area contributed by atoms with Gasteiger partial charge >= 0.3 is 5.97 Å². The SMILES string of the molecule is CCOc1cccc(N2CCCCC2CC(=O)OC)n1. The molecule has 0 amide bonds. The van der Waals surface area contributed by atoms with Crippen LogP contribution in [0.15, 0.2) is 18.2 Å². The maximum Gasteiger partial charge on any atom is 0.307 e. The number of pyridine rings is 1. The highest BCUT2D eigenvalue weighted by molar-refractivity contribution is 5.70. The number of carbonyl (C=O) groups is 1. The van der Waals surface area contributed by atoms with E-state index in [0.29, 0.717) is 18.9 Å². The molecular weight excluding hydrogens is 256 g/mol. The number of hydrogen-bond donors (Lipinski definition) is 0. The predicted molar refractivity (Wildman–Crippen MR) is 77.0 cm³/mol. The summed E-state index contributed by atoms with van der Waals surface area (Å²) in [6.45, 7) is 3.46. The van der Waals surface area contributed by atoms with E-state index >= 15 is 0 Å². The van der Waals surface area contributed by atoms with Crippen molar-refractivity contribution in [2.75, 3.05) is 25.2 Å². The van der Waals surface area contributed by atoms with Crippen LogP contribution in [0.25, 0.3) is 0 Å². The summed E-state index contributed by atoms with van der Waals surface area (Å²) in [5, 5.41) is 0. The number of nitrogens with zero attached hydrogens (tertiary/aromatic N) is 2. The molecule has 2 rings (SSSR count). The summed E-state index contributed by atoms with van der Waals surface area (Å²) in [5.41, 5.74) is 0. The third-order valence-corrected chi connectivity index (χ3v) is 3.55. The van der Waals surface area contributed by atoms with Crippen molar-refractivity contribution in [2.45, 2.75) is 38.6 Å². The molecule has 1 aromatic rings. The second-order valence-electron chi connectivity index (χ2n) is 4.89. The molecule has 0 aliphatic carbocycles. The first-order valence-corrected chi connectivity index (χ1v) is 7.18. The van der Waals surface area contributed by atoms with Gasteiger partial charge in [-0.2, -0.15) is 4.98 Å². The largest absolute Gasteiger partial charge is 0.478 e. The number of piperidine rings is 1. The predicted octanol–water partition coefficient (Wildman–Crippen LogP) is 2.40. The van der Waals surface area contributed by atoms with Crippen LogP contribution >= 0.6 is 0 Å². The lowest BCUT2D eigenvalue weighted by Gasteiger charge is -2.36. The summed E-state index contributed by atoms with van der Waals surface area (Å²) in [6.07, 6.45) is 3.67. The lowest BCUT2D eigenvalue weighted by atomic mass is 9.99. The molecule has 1 unspecified atom stereocenters. The lowest BCUT2D eigenvalue weighted by Crippen LogP contribution is -2.41. The monoisotopic (exact) mass is 278 g/mol. The van der Waals surface area contributed by atoms with Crippen LogP contribution < -0.4 is 9.64 Å². The Morgan fingerprint density at radius 2 is 2.30 bits per heavy atom.